The summed E-state index contributed by atoms with van der Waals surface area (Å²) in [6.07, 6.45) is -0.184. The van der Waals surface area contributed by atoms with Gasteiger partial charge in [-0.1, -0.05) is 6.07 Å². The molecule has 1 unspecified atom stereocenters. The van der Waals surface area contributed by atoms with E-state index in [1.165, 1.54) is 0 Å². The number of carbonyl (C=O) groups is 2. The number of carbonyl (C=O) groups excluding carboxylic acids is 2. The van der Waals surface area contributed by atoms with E-state index >= 15 is 0 Å². The van der Waals surface area contributed by atoms with E-state index in [0.717, 1.165) is 0 Å². The van der Waals surface area contributed by atoms with Crippen LogP contribution < -0.4 is 21.5 Å². The average molecular weight is 288 g/mol. The highest BCUT2D eigenvalue weighted by Gasteiger charge is 2.16. The van der Waals surface area contributed by atoms with E-state index in [2.05, 4.69) is 5.32 Å². The van der Waals surface area contributed by atoms with Crippen LogP contribution >= 0.6 is 12.4 Å². The highest BCUT2D eigenvalue weighted by molar-refractivity contribution is 5.97. The summed E-state index contributed by atoms with van der Waals surface area (Å²) in [5, 5.41) is 2.59. The average Bonchev–Trinajstić information content (AvgIpc) is 2.29. The Bertz CT molecular complexity index is 440. The molecule has 1 rings (SSSR count). The molecule has 1 aromatic rings. The Morgan fingerprint density at radius 2 is 2.11 bits per heavy atom. The van der Waals surface area contributed by atoms with Crippen LogP contribution in [0.2, 0.25) is 0 Å². The van der Waals surface area contributed by atoms with Crippen molar-refractivity contribution in [2.24, 2.45) is 11.5 Å². The summed E-state index contributed by atoms with van der Waals surface area (Å²) in [6.45, 7) is 2.41. The molecule has 19 heavy (non-hydrogen) atoms. The van der Waals surface area contributed by atoms with Crippen LogP contribution in [-0.4, -0.2) is 24.5 Å². The summed E-state index contributed by atoms with van der Waals surface area (Å²) in [7, 11) is 0. The summed E-state index contributed by atoms with van der Waals surface area (Å²) in [5.74, 6) is -0.415. The number of hydrogen-bond donors (Lipinski definition) is 3. The predicted octanol–water partition coefficient (Wildman–Crippen LogP) is 0.648. The molecule has 106 valence electrons. The lowest BCUT2D eigenvalue weighted by atomic mass is 10.2. The van der Waals surface area contributed by atoms with E-state index in [4.69, 9.17) is 16.2 Å². The molecule has 0 aromatic heterocycles. The van der Waals surface area contributed by atoms with Gasteiger partial charge < -0.3 is 21.5 Å². The van der Waals surface area contributed by atoms with Crippen molar-refractivity contribution in [2.75, 3.05) is 11.9 Å². The van der Waals surface area contributed by atoms with Gasteiger partial charge >= 0.3 is 0 Å². The van der Waals surface area contributed by atoms with Gasteiger partial charge in [-0.25, -0.2) is 0 Å². The second kappa shape index (κ2) is 8.34. The van der Waals surface area contributed by atoms with Crippen molar-refractivity contribution in [3.63, 3.8) is 0 Å². The number of nitrogens with one attached hydrogen (secondary N) is 1. The molecular weight excluding hydrogens is 270 g/mol. The van der Waals surface area contributed by atoms with Crippen molar-refractivity contribution >= 4 is 29.9 Å². The second-order valence-corrected chi connectivity index (χ2v) is 3.73. The molecule has 0 saturated heterocycles. The van der Waals surface area contributed by atoms with Crippen molar-refractivity contribution in [1.29, 1.82) is 0 Å². The number of halogens is 1. The summed E-state index contributed by atoms with van der Waals surface area (Å²) in [6, 6.07) is 5.97. The summed E-state index contributed by atoms with van der Waals surface area (Å²) < 4.78 is 5.30. The smallest absolute Gasteiger partial charge is 0.241 e. The fourth-order valence-electron chi connectivity index (χ4n) is 1.37. The molecule has 6 nitrogen and oxygen atoms in total. The molecule has 1 atom stereocenters. The van der Waals surface area contributed by atoms with Crippen molar-refractivity contribution in [2.45, 2.75) is 19.4 Å². The van der Waals surface area contributed by atoms with Gasteiger partial charge in [0.05, 0.1) is 19.1 Å². The quantitative estimate of drug-likeness (QED) is 0.714. The third kappa shape index (κ3) is 6.08. The molecule has 0 aliphatic heterocycles. The highest BCUT2D eigenvalue weighted by Crippen LogP contribution is 2.17. The number of hydrogen-bond acceptors (Lipinski definition) is 4. The standard InChI is InChI=1S/C12H17N3O3.ClH/c1-2-18-9-5-3-4-8(6-9)15-12(17)10(13)7-11(14)16;/h3-6,10H,2,7,13H2,1H3,(H2,14,16)(H,15,17);1H. The minimum atomic E-state index is -0.946. The van der Waals surface area contributed by atoms with Crippen LogP contribution in [0.15, 0.2) is 24.3 Å². The number of primary amides is 1. The summed E-state index contributed by atoms with van der Waals surface area (Å²) >= 11 is 0. The normalized spacial score (nSPS) is 11.1. The molecule has 0 bridgehead atoms. The van der Waals surface area contributed by atoms with Gasteiger partial charge in [0.2, 0.25) is 11.8 Å². The first kappa shape index (κ1) is 17.2. The molecule has 0 heterocycles. The fraction of sp³-hybridized carbons (Fsp3) is 0.333. The van der Waals surface area contributed by atoms with E-state index in [0.29, 0.717) is 18.0 Å². The maximum atomic E-state index is 11.6. The van der Waals surface area contributed by atoms with Gasteiger partial charge in [-0.15, -0.1) is 12.4 Å². The Morgan fingerprint density at radius 1 is 1.42 bits per heavy atom. The minimum absolute atomic E-state index is 0. The fourth-order valence-corrected chi connectivity index (χ4v) is 1.37. The SMILES string of the molecule is CCOc1cccc(NC(=O)C(N)CC(N)=O)c1.Cl. The van der Waals surface area contributed by atoms with Gasteiger partial charge in [0.15, 0.2) is 0 Å². The van der Waals surface area contributed by atoms with Crippen LogP contribution in [0.25, 0.3) is 0 Å². The van der Waals surface area contributed by atoms with E-state index in [1.54, 1.807) is 24.3 Å². The summed E-state index contributed by atoms with van der Waals surface area (Å²) in [5.41, 5.74) is 11.0. The Labute approximate surface area is 117 Å². The van der Waals surface area contributed by atoms with Gasteiger partial charge in [0, 0.05) is 11.8 Å². The maximum absolute atomic E-state index is 11.6. The first-order valence-corrected chi connectivity index (χ1v) is 5.60. The number of anilines is 1. The van der Waals surface area contributed by atoms with Crippen molar-refractivity contribution in [3.05, 3.63) is 24.3 Å². The largest absolute Gasteiger partial charge is 0.494 e. The number of nitrogens with two attached hydrogens (primary N) is 2. The third-order valence-electron chi connectivity index (χ3n) is 2.17. The molecule has 0 fully saturated rings. The first-order valence-electron chi connectivity index (χ1n) is 5.60. The third-order valence-corrected chi connectivity index (χ3v) is 2.17. The predicted molar refractivity (Wildman–Crippen MR) is 75.3 cm³/mol. The van der Waals surface area contributed by atoms with E-state index < -0.39 is 17.9 Å². The minimum Gasteiger partial charge on any atom is -0.494 e. The van der Waals surface area contributed by atoms with Gasteiger partial charge in [-0.3, -0.25) is 9.59 Å². The Morgan fingerprint density at radius 3 is 2.68 bits per heavy atom. The van der Waals surface area contributed by atoms with Crippen molar-refractivity contribution < 1.29 is 14.3 Å². The Kier molecular flexibility index (Phi) is 7.55. The Hall–Kier alpha value is -1.79. The lowest BCUT2D eigenvalue weighted by molar-refractivity contribution is -0.123. The van der Waals surface area contributed by atoms with E-state index in [1.807, 2.05) is 6.92 Å². The monoisotopic (exact) mass is 287 g/mol. The van der Waals surface area contributed by atoms with Crippen LogP contribution in [0.3, 0.4) is 0 Å². The van der Waals surface area contributed by atoms with Gasteiger partial charge in [0.1, 0.15) is 5.75 Å². The van der Waals surface area contributed by atoms with Gasteiger partial charge in [0.25, 0.3) is 0 Å². The zero-order valence-corrected chi connectivity index (χ0v) is 11.4. The molecule has 5 N–H and O–H groups in total. The molecule has 0 aliphatic carbocycles. The van der Waals surface area contributed by atoms with Gasteiger partial charge in [-0.05, 0) is 19.1 Å². The molecule has 1 aromatic carbocycles. The Balaban J connectivity index is 0.00000324. The molecule has 7 heteroatoms. The van der Waals surface area contributed by atoms with Crippen molar-refractivity contribution in [3.8, 4) is 5.75 Å². The van der Waals surface area contributed by atoms with Crippen LogP contribution in [0, 0.1) is 0 Å². The molecular formula is C12H18ClN3O3. The number of amides is 2. The number of ether oxygens (including phenoxy) is 1. The van der Waals surface area contributed by atoms with E-state index in [9.17, 15) is 9.59 Å². The summed E-state index contributed by atoms with van der Waals surface area (Å²) in [4.78, 5) is 22.3. The topological polar surface area (TPSA) is 107 Å². The van der Waals surface area contributed by atoms with E-state index in [-0.39, 0.29) is 18.8 Å². The maximum Gasteiger partial charge on any atom is 0.241 e. The zero-order valence-electron chi connectivity index (χ0n) is 10.6. The van der Waals surface area contributed by atoms with Crippen molar-refractivity contribution in [1.82, 2.24) is 0 Å². The van der Waals surface area contributed by atoms with Gasteiger partial charge in [-0.2, -0.15) is 0 Å². The van der Waals surface area contributed by atoms with Crippen LogP contribution in [0.4, 0.5) is 5.69 Å². The lowest BCUT2D eigenvalue weighted by Gasteiger charge is -2.11. The second-order valence-electron chi connectivity index (χ2n) is 3.73. The number of rotatable bonds is 6. The first-order chi connectivity index (χ1) is 8.52. The molecule has 0 aliphatic rings. The lowest BCUT2D eigenvalue weighted by Crippen LogP contribution is -2.38. The molecule has 2 amide bonds. The van der Waals surface area contributed by atoms with Crippen LogP contribution in [-0.2, 0) is 9.59 Å². The molecule has 0 radical (unpaired) electrons. The van der Waals surface area contributed by atoms with Crippen LogP contribution in [0.1, 0.15) is 13.3 Å². The molecule has 0 saturated carbocycles. The molecule has 0 spiro atoms. The van der Waals surface area contributed by atoms with Crippen LogP contribution in [0.5, 0.6) is 5.75 Å². The highest BCUT2D eigenvalue weighted by atomic mass is 35.5. The number of benzene rings is 1. The zero-order chi connectivity index (χ0) is 13.5.